The van der Waals surface area contributed by atoms with Crippen molar-refractivity contribution in [1.82, 2.24) is 9.13 Å². The van der Waals surface area contributed by atoms with E-state index in [9.17, 15) is 0 Å². The van der Waals surface area contributed by atoms with Gasteiger partial charge in [0.15, 0.2) is 0 Å². The van der Waals surface area contributed by atoms with E-state index in [1.807, 2.05) is 0 Å². The van der Waals surface area contributed by atoms with E-state index in [0.717, 1.165) is 58.1 Å². The predicted molar refractivity (Wildman–Crippen MR) is 402 cm³/mol. The number of rotatable bonds is 11. The molecule has 4 nitrogen and oxygen atoms in total. The van der Waals surface area contributed by atoms with E-state index in [2.05, 4.69) is 361 Å². The van der Waals surface area contributed by atoms with E-state index in [1.54, 1.807) is 0 Å². The molecule has 2 heterocycles. The van der Waals surface area contributed by atoms with Crippen molar-refractivity contribution in [3.63, 3.8) is 0 Å². The first kappa shape index (κ1) is 54.9. The summed E-state index contributed by atoms with van der Waals surface area (Å²) in [6.45, 7) is 0. The Morgan fingerprint density at radius 1 is 0.319 bits per heavy atom. The van der Waals surface area contributed by atoms with Crippen LogP contribution in [-0.4, -0.2) is 16.2 Å². The molecule has 0 N–H and O–H groups in total. The van der Waals surface area contributed by atoms with E-state index in [1.165, 1.54) is 131 Å². The highest BCUT2D eigenvalue weighted by Gasteiger charge is 2.25. The summed E-state index contributed by atoms with van der Waals surface area (Å²) in [5, 5.41) is 15.1. The van der Waals surface area contributed by atoms with Gasteiger partial charge in [0, 0.05) is 74.8 Å². The first-order valence-corrected chi connectivity index (χ1v) is 32.7. The summed E-state index contributed by atoms with van der Waals surface area (Å²) < 4.78 is 4.91. The number of hydrogen-bond donors (Lipinski definition) is 0. The van der Waals surface area contributed by atoms with E-state index in [-0.39, 0.29) is 0 Å². The van der Waals surface area contributed by atoms with Gasteiger partial charge in [-0.25, -0.2) is 0 Å². The van der Waals surface area contributed by atoms with Gasteiger partial charge in [-0.1, -0.05) is 243 Å². The zero-order valence-electron chi connectivity index (χ0n) is 52.4. The Bertz CT molecular complexity index is 5920. The average Bonchev–Trinajstić information content (AvgIpc) is 1.54. The van der Waals surface area contributed by atoms with Gasteiger partial charge in [0.2, 0.25) is 0 Å². The number of anilines is 5. The quantitative estimate of drug-likeness (QED) is 0.120. The molecule has 0 atom stereocenters. The van der Waals surface area contributed by atoms with Gasteiger partial charge < -0.3 is 18.9 Å². The number of benzene rings is 15. The summed E-state index contributed by atoms with van der Waals surface area (Å²) in [5.74, 6) is 0. The Labute approximate surface area is 546 Å². The van der Waals surface area contributed by atoms with Crippen LogP contribution >= 0.6 is 0 Å². The van der Waals surface area contributed by atoms with Gasteiger partial charge >= 0.3 is 0 Å². The second-order valence-electron chi connectivity index (χ2n) is 25.1. The van der Waals surface area contributed by atoms with Crippen molar-refractivity contribution < 1.29 is 0 Å². The molecule has 0 radical (unpaired) electrons. The maximum absolute atomic E-state index is 2.50. The lowest BCUT2D eigenvalue weighted by atomic mass is 9.93. The van der Waals surface area contributed by atoms with Crippen LogP contribution in [0.5, 0.6) is 0 Å². The summed E-state index contributed by atoms with van der Waals surface area (Å²) >= 11 is 0. The number of hydrogen-bond acceptors (Lipinski definition) is 2. The van der Waals surface area contributed by atoms with Crippen LogP contribution in [0.15, 0.2) is 328 Å². The Kier molecular flexibility index (Phi) is 13.1. The van der Waals surface area contributed by atoms with Crippen LogP contribution in [0.2, 0.25) is 0 Å². The largest absolute Gasteiger partial charge is 0.345 e. The van der Waals surface area contributed by atoms with Gasteiger partial charge in [-0.3, -0.25) is 0 Å². The maximum Gasteiger partial charge on any atom is 0.0626 e. The summed E-state index contributed by atoms with van der Waals surface area (Å²) in [5.41, 5.74) is 23.7. The molecule has 0 saturated heterocycles. The molecule has 17 aromatic rings. The van der Waals surface area contributed by atoms with Gasteiger partial charge in [0.05, 0.1) is 27.8 Å². The first-order chi connectivity index (χ1) is 46.5. The molecule has 94 heavy (non-hydrogen) atoms. The molecule has 1 aliphatic carbocycles. The van der Waals surface area contributed by atoms with Crippen LogP contribution in [-0.2, 0) is 7.05 Å². The van der Waals surface area contributed by atoms with Gasteiger partial charge in [0.1, 0.15) is 0 Å². The molecule has 0 amide bonds. The van der Waals surface area contributed by atoms with E-state index < -0.39 is 0 Å². The third kappa shape index (κ3) is 8.97. The third-order valence-electron chi connectivity index (χ3n) is 20.0. The fourth-order valence-corrected chi connectivity index (χ4v) is 15.5. The fourth-order valence-electron chi connectivity index (χ4n) is 15.5. The van der Waals surface area contributed by atoms with Crippen molar-refractivity contribution in [1.29, 1.82) is 0 Å². The van der Waals surface area contributed by atoms with Crippen LogP contribution in [0.3, 0.4) is 0 Å². The minimum absolute atomic E-state index is 1.03. The number of aromatic nitrogens is 2. The highest BCUT2D eigenvalue weighted by atomic mass is 15.1. The van der Waals surface area contributed by atoms with Crippen LogP contribution in [0.25, 0.3) is 142 Å². The summed E-state index contributed by atoms with van der Waals surface area (Å²) in [6.07, 6.45) is 8.82. The van der Waals surface area contributed by atoms with Gasteiger partial charge in [-0.05, 0) is 186 Å². The van der Waals surface area contributed by atoms with Crippen LogP contribution in [0, 0.1) is 0 Å². The van der Waals surface area contributed by atoms with Crippen molar-refractivity contribution in [2.24, 2.45) is 7.05 Å². The lowest BCUT2D eigenvalue weighted by molar-refractivity contribution is 1.02. The molecule has 2 aromatic heterocycles. The molecule has 0 saturated carbocycles. The number of nitrogens with zero attached hydrogens (tertiary/aromatic N) is 4. The Balaban J connectivity index is 0.684. The molecular formula is C90H64N4. The second kappa shape index (κ2) is 22.4. The fraction of sp³-hybridized carbons (Fsp3) is 0.0444. The lowest BCUT2D eigenvalue weighted by Gasteiger charge is -2.27. The Morgan fingerprint density at radius 2 is 0.798 bits per heavy atom. The van der Waals surface area contributed by atoms with Crippen LogP contribution in [0.4, 0.5) is 28.4 Å². The second-order valence-corrected chi connectivity index (χ2v) is 25.1. The highest BCUT2D eigenvalue weighted by Crippen LogP contribution is 2.50. The predicted octanol–water partition coefficient (Wildman–Crippen LogP) is 24.7. The normalized spacial score (nSPS) is 12.5. The highest BCUT2D eigenvalue weighted by molar-refractivity contribution is 6.35. The minimum Gasteiger partial charge on any atom is -0.345 e. The molecular weight excluding hydrogens is 1140 g/mol. The smallest absolute Gasteiger partial charge is 0.0626 e. The van der Waals surface area contributed by atoms with E-state index in [0.29, 0.717) is 0 Å². The van der Waals surface area contributed by atoms with Crippen molar-refractivity contribution in [2.45, 2.75) is 12.8 Å². The maximum atomic E-state index is 2.50. The molecule has 0 fully saturated rings. The van der Waals surface area contributed by atoms with Gasteiger partial charge in [0.25, 0.3) is 0 Å². The lowest BCUT2D eigenvalue weighted by Crippen LogP contribution is -2.11. The molecule has 0 bridgehead atoms. The van der Waals surface area contributed by atoms with Crippen LogP contribution in [0.1, 0.15) is 18.4 Å². The SMILES string of the molecule is CN(c1ccc(-c2cccc3c2c2c4ccccc4c4ccccc4c2n3-c2ccc(-c3ccccc3)cc2)cc1)c1cccc(-c2cccc(-c3ccc(N(c4cccc(C5=CC=CCC5)c4)c4cccc5c4c4c6ccccc6c6ccccc6c4n5C)cc3)c2)c1. The van der Waals surface area contributed by atoms with Crippen LogP contribution < -0.4 is 9.80 Å². The van der Waals surface area contributed by atoms with Crippen molar-refractivity contribution in [3.05, 3.63) is 333 Å². The zero-order valence-corrected chi connectivity index (χ0v) is 52.4. The zero-order chi connectivity index (χ0) is 62.4. The standard InChI is InChI=1S/C90H64N4/c1-91(68-50-48-63(49-51-68)73-40-20-42-83-85(73)86-78-36-13-9-33-75(78)77-35-12-16-39-81(77)90(86)94(83)70-54-44-61(45-55-70)59-22-5-3-6-23-59)71-30-18-29-67(57-71)65-27-17-26-64(56-65)62-46-52-69(53-47-62)93(72-31-19-28-66(58-72)60-24-7-4-8-25-60)84-43-21-41-82-88(84)87-79-37-14-10-32-74(79)76-34-11-15-38-80(76)89(87)92(82)2/h3-7,9-24,26-58H,8,25H2,1-2H3. The molecule has 4 heteroatoms. The Morgan fingerprint density at radius 3 is 1.48 bits per heavy atom. The molecule has 1 aliphatic rings. The number of aryl methyl sites for hydroxylation is 1. The Hall–Kier alpha value is -12.0. The molecule has 0 unspecified atom stereocenters. The van der Waals surface area contributed by atoms with E-state index >= 15 is 0 Å². The van der Waals surface area contributed by atoms with Crippen molar-refractivity contribution >= 4 is 121 Å². The van der Waals surface area contributed by atoms with Gasteiger partial charge in [-0.2, -0.15) is 0 Å². The monoisotopic (exact) mass is 1200 g/mol. The van der Waals surface area contributed by atoms with E-state index in [4.69, 9.17) is 0 Å². The topological polar surface area (TPSA) is 16.3 Å². The van der Waals surface area contributed by atoms with Gasteiger partial charge in [-0.15, -0.1) is 0 Å². The molecule has 15 aromatic carbocycles. The number of allylic oxidation sites excluding steroid dienone is 4. The average molecular weight is 1200 g/mol. The molecule has 444 valence electrons. The number of fused-ring (bicyclic) bond motifs is 16. The molecule has 18 rings (SSSR count). The first-order valence-electron chi connectivity index (χ1n) is 32.7. The third-order valence-corrected chi connectivity index (χ3v) is 20.0. The van der Waals surface area contributed by atoms with Crippen molar-refractivity contribution in [2.75, 3.05) is 16.8 Å². The summed E-state index contributed by atoms with van der Waals surface area (Å²) in [7, 11) is 4.41. The summed E-state index contributed by atoms with van der Waals surface area (Å²) in [6, 6.07) is 115. The molecule has 0 spiro atoms. The minimum atomic E-state index is 1.03. The summed E-state index contributed by atoms with van der Waals surface area (Å²) in [4.78, 5) is 4.79. The van der Waals surface area contributed by atoms with Crippen molar-refractivity contribution in [3.8, 4) is 50.2 Å². The molecule has 0 aliphatic heterocycles.